The van der Waals surface area contributed by atoms with Gasteiger partial charge in [0.15, 0.2) is 0 Å². The summed E-state index contributed by atoms with van der Waals surface area (Å²) < 4.78 is 10.4. The van der Waals surface area contributed by atoms with Crippen molar-refractivity contribution in [1.29, 1.82) is 0 Å². The quantitative estimate of drug-likeness (QED) is 0.533. The molecule has 3 aromatic rings. The number of benzene rings is 2. The Balaban J connectivity index is 1.60. The van der Waals surface area contributed by atoms with E-state index in [1.807, 2.05) is 66.7 Å². The van der Waals surface area contributed by atoms with Crippen molar-refractivity contribution in [2.75, 3.05) is 13.7 Å². The summed E-state index contributed by atoms with van der Waals surface area (Å²) in [6, 6.07) is 22.1. The number of ether oxygens (including phenoxy) is 2. The molecule has 0 aliphatic carbocycles. The van der Waals surface area contributed by atoms with Crippen LogP contribution in [0.1, 0.15) is 39.6 Å². The Kier molecular flexibility index (Phi) is 6.60. The smallest absolute Gasteiger partial charge is 0.410 e. The zero-order chi connectivity index (χ0) is 22.3. The molecule has 0 saturated carbocycles. The van der Waals surface area contributed by atoms with Gasteiger partial charge < -0.3 is 9.47 Å². The van der Waals surface area contributed by atoms with Gasteiger partial charge in [-0.05, 0) is 47.4 Å². The highest BCUT2D eigenvalue weighted by Crippen LogP contribution is 2.33. The largest absolute Gasteiger partial charge is 0.465 e. The summed E-state index contributed by atoms with van der Waals surface area (Å²) in [5.41, 5.74) is 4.23. The first-order valence-corrected chi connectivity index (χ1v) is 10.4. The average molecular weight is 428 g/mol. The van der Waals surface area contributed by atoms with E-state index in [1.54, 1.807) is 23.2 Å². The first-order valence-electron chi connectivity index (χ1n) is 10.4. The lowest BCUT2D eigenvalue weighted by Gasteiger charge is -2.34. The number of nitrogens with zero attached hydrogens (tertiary/aromatic N) is 2. The van der Waals surface area contributed by atoms with Gasteiger partial charge in [0.25, 0.3) is 0 Å². The highest BCUT2D eigenvalue weighted by atomic mass is 16.6. The predicted octanol–water partition coefficient (Wildman–Crippen LogP) is 5.04. The van der Waals surface area contributed by atoms with Crippen molar-refractivity contribution in [3.8, 4) is 0 Å². The molecule has 162 valence electrons. The van der Waals surface area contributed by atoms with Gasteiger partial charge in [0.05, 0.1) is 24.4 Å². The van der Waals surface area contributed by atoms with E-state index in [-0.39, 0.29) is 18.7 Å². The molecule has 1 aliphatic rings. The molecule has 0 saturated heterocycles. The van der Waals surface area contributed by atoms with Crippen LogP contribution in [0.15, 0.2) is 85.1 Å². The number of hydrogen-bond donors (Lipinski definition) is 0. The SMILES string of the molecule is COC(=O)c1ccc(C2C=C(c3ccccn3)CCN2C(=O)OCc2ccccc2)cc1. The number of carbonyl (C=O) groups excluding carboxylic acids is 2. The second kappa shape index (κ2) is 9.92. The second-order valence-electron chi connectivity index (χ2n) is 7.45. The fraction of sp³-hybridized carbons (Fsp3) is 0.192. The lowest BCUT2D eigenvalue weighted by Crippen LogP contribution is -2.37. The molecule has 2 heterocycles. The second-order valence-corrected chi connectivity index (χ2v) is 7.45. The van der Waals surface area contributed by atoms with Crippen LogP contribution in [0, 0.1) is 0 Å². The third-order valence-corrected chi connectivity index (χ3v) is 5.42. The molecular formula is C26H24N2O4. The van der Waals surface area contributed by atoms with Crippen molar-refractivity contribution >= 4 is 17.6 Å². The number of carbonyl (C=O) groups is 2. The minimum absolute atomic E-state index is 0.209. The van der Waals surface area contributed by atoms with Gasteiger partial charge in [-0.25, -0.2) is 9.59 Å². The van der Waals surface area contributed by atoms with Crippen LogP contribution in [0.3, 0.4) is 0 Å². The van der Waals surface area contributed by atoms with E-state index in [2.05, 4.69) is 4.98 Å². The number of aromatic nitrogens is 1. The van der Waals surface area contributed by atoms with Crippen LogP contribution in [0.4, 0.5) is 4.79 Å². The Morgan fingerprint density at radius 2 is 1.75 bits per heavy atom. The van der Waals surface area contributed by atoms with E-state index in [0.29, 0.717) is 18.5 Å². The summed E-state index contributed by atoms with van der Waals surface area (Å²) in [4.78, 5) is 31.0. The van der Waals surface area contributed by atoms with Crippen LogP contribution in [0.5, 0.6) is 0 Å². The number of rotatable bonds is 5. The fourth-order valence-electron chi connectivity index (χ4n) is 3.73. The highest BCUT2D eigenvalue weighted by Gasteiger charge is 2.29. The number of esters is 1. The number of hydrogen-bond acceptors (Lipinski definition) is 5. The summed E-state index contributed by atoms with van der Waals surface area (Å²) >= 11 is 0. The summed E-state index contributed by atoms with van der Waals surface area (Å²) in [6.07, 6.45) is 4.10. The normalized spacial score (nSPS) is 15.6. The molecule has 4 rings (SSSR count). The van der Waals surface area contributed by atoms with Crippen molar-refractivity contribution in [3.05, 3.63) is 107 Å². The molecule has 1 amide bonds. The molecule has 32 heavy (non-hydrogen) atoms. The predicted molar refractivity (Wildman–Crippen MR) is 121 cm³/mol. The van der Waals surface area contributed by atoms with Gasteiger partial charge in [0.1, 0.15) is 6.61 Å². The average Bonchev–Trinajstić information content (AvgIpc) is 2.87. The van der Waals surface area contributed by atoms with Gasteiger partial charge in [-0.2, -0.15) is 0 Å². The van der Waals surface area contributed by atoms with E-state index >= 15 is 0 Å². The minimum atomic E-state index is -0.399. The summed E-state index contributed by atoms with van der Waals surface area (Å²) in [6.45, 7) is 0.709. The lowest BCUT2D eigenvalue weighted by molar-refractivity contribution is 0.0600. The van der Waals surface area contributed by atoms with E-state index in [1.165, 1.54) is 7.11 Å². The minimum Gasteiger partial charge on any atom is -0.465 e. The van der Waals surface area contributed by atoms with Gasteiger partial charge in [0, 0.05) is 12.7 Å². The molecule has 1 aliphatic heterocycles. The van der Waals surface area contributed by atoms with Crippen LogP contribution < -0.4 is 0 Å². The lowest BCUT2D eigenvalue weighted by atomic mass is 9.94. The van der Waals surface area contributed by atoms with E-state index in [4.69, 9.17) is 9.47 Å². The summed E-state index contributed by atoms with van der Waals surface area (Å²) in [7, 11) is 1.35. The molecule has 1 atom stereocenters. The third-order valence-electron chi connectivity index (χ3n) is 5.42. The van der Waals surface area contributed by atoms with Crippen molar-refractivity contribution in [3.63, 3.8) is 0 Å². The topological polar surface area (TPSA) is 68.7 Å². The Morgan fingerprint density at radius 3 is 2.44 bits per heavy atom. The standard InChI is InChI=1S/C26H24N2O4/c1-31-25(29)21-12-10-20(11-13-21)24-17-22(23-9-5-6-15-27-23)14-16-28(24)26(30)32-18-19-7-3-2-4-8-19/h2-13,15,17,24H,14,16,18H2,1H3. The Hall–Kier alpha value is -3.93. The molecule has 6 heteroatoms. The van der Waals surface area contributed by atoms with E-state index < -0.39 is 5.97 Å². The molecule has 0 N–H and O–H groups in total. The molecule has 0 spiro atoms. The van der Waals surface area contributed by atoms with Crippen LogP contribution in [-0.2, 0) is 16.1 Å². The molecule has 0 bridgehead atoms. The van der Waals surface area contributed by atoms with Crippen molar-refractivity contribution in [1.82, 2.24) is 9.88 Å². The number of pyridine rings is 1. The molecule has 0 fully saturated rings. The summed E-state index contributed by atoms with van der Waals surface area (Å²) in [5.74, 6) is -0.399. The van der Waals surface area contributed by atoms with Gasteiger partial charge >= 0.3 is 12.1 Å². The summed E-state index contributed by atoms with van der Waals surface area (Å²) in [5, 5.41) is 0. The van der Waals surface area contributed by atoms with Crippen LogP contribution in [-0.4, -0.2) is 35.6 Å². The maximum absolute atomic E-state index is 13.0. The van der Waals surface area contributed by atoms with E-state index in [9.17, 15) is 9.59 Å². The van der Waals surface area contributed by atoms with Gasteiger partial charge in [-0.15, -0.1) is 0 Å². The Bertz CT molecular complexity index is 1100. The molecule has 6 nitrogen and oxygen atoms in total. The van der Waals surface area contributed by atoms with Crippen molar-refractivity contribution in [2.24, 2.45) is 0 Å². The molecule has 1 aromatic heterocycles. The zero-order valence-electron chi connectivity index (χ0n) is 17.8. The maximum Gasteiger partial charge on any atom is 0.410 e. The van der Waals surface area contributed by atoms with Crippen LogP contribution in [0.25, 0.3) is 5.57 Å². The number of amides is 1. The van der Waals surface area contributed by atoms with Gasteiger partial charge in [-0.3, -0.25) is 9.88 Å². The Labute approximate surface area is 187 Å². The fourth-order valence-corrected chi connectivity index (χ4v) is 3.73. The molecule has 1 unspecified atom stereocenters. The van der Waals surface area contributed by atoms with Gasteiger partial charge in [-0.1, -0.05) is 54.6 Å². The Morgan fingerprint density at radius 1 is 1.00 bits per heavy atom. The van der Waals surface area contributed by atoms with Crippen LogP contribution >= 0.6 is 0 Å². The van der Waals surface area contributed by atoms with Crippen molar-refractivity contribution in [2.45, 2.75) is 19.1 Å². The third kappa shape index (κ3) is 4.86. The van der Waals surface area contributed by atoms with Crippen LogP contribution in [0.2, 0.25) is 0 Å². The molecule has 0 radical (unpaired) electrons. The van der Waals surface area contributed by atoms with E-state index in [0.717, 1.165) is 22.4 Å². The monoisotopic (exact) mass is 428 g/mol. The molecular weight excluding hydrogens is 404 g/mol. The van der Waals surface area contributed by atoms with Crippen molar-refractivity contribution < 1.29 is 19.1 Å². The first kappa shape index (κ1) is 21.3. The maximum atomic E-state index is 13.0. The first-order chi connectivity index (χ1) is 15.7. The molecule has 2 aromatic carbocycles. The van der Waals surface area contributed by atoms with Gasteiger partial charge in [0.2, 0.25) is 0 Å². The highest BCUT2D eigenvalue weighted by molar-refractivity contribution is 5.89. The zero-order valence-corrected chi connectivity index (χ0v) is 17.8. The number of methoxy groups -OCH3 is 1.